The molecular formula is C20H24O6. The molecule has 0 spiro atoms. The Morgan fingerprint density at radius 2 is 1.69 bits per heavy atom. The molecule has 2 aromatic carbocycles. The fourth-order valence-corrected chi connectivity index (χ4v) is 2.60. The molecule has 0 saturated heterocycles. The maximum atomic E-state index is 11.2. The fraction of sp³-hybridized carbons (Fsp3) is 0.350. The Kier molecular flexibility index (Phi) is 8.08. The number of carbonyl (C=O) groups is 1. The van der Waals surface area contributed by atoms with Gasteiger partial charge in [-0.2, -0.15) is 0 Å². The van der Waals surface area contributed by atoms with Gasteiger partial charge in [0, 0.05) is 38.5 Å². The molecule has 0 aliphatic carbocycles. The van der Waals surface area contributed by atoms with E-state index in [1.54, 1.807) is 33.5 Å². The predicted octanol–water partition coefficient (Wildman–Crippen LogP) is 3.32. The molecule has 0 heterocycles. The summed E-state index contributed by atoms with van der Waals surface area (Å²) in [5.41, 5.74) is 3.34. The molecule has 0 atom stereocenters. The van der Waals surface area contributed by atoms with E-state index >= 15 is 0 Å². The molecule has 0 fully saturated rings. The average Bonchev–Trinajstić information content (AvgIpc) is 2.68. The Balaban J connectivity index is 2.56. The second kappa shape index (κ2) is 10.6. The van der Waals surface area contributed by atoms with Crippen LogP contribution in [0.2, 0.25) is 0 Å². The molecule has 140 valence electrons. The zero-order valence-electron chi connectivity index (χ0n) is 15.3. The molecule has 6 heteroatoms. The first-order valence-electron chi connectivity index (χ1n) is 8.18. The van der Waals surface area contributed by atoms with Crippen molar-refractivity contribution in [3.63, 3.8) is 0 Å². The Bertz CT molecular complexity index is 684. The molecule has 26 heavy (non-hydrogen) atoms. The molecule has 0 aliphatic heterocycles. The van der Waals surface area contributed by atoms with E-state index in [0.717, 1.165) is 23.0 Å². The first kappa shape index (κ1) is 19.9. The van der Waals surface area contributed by atoms with Crippen molar-refractivity contribution >= 4 is 6.29 Å². The van der Waals surface area contributed by atoms with Gasteiger partial charge in [-0.15, -0.1) is 0 Å². The molecule has 0 saturated carbocycles. The summed E-state index contributed by atoms with van der Waals surface area (Å²) in [6, 6.07) is 11.1. The molecule has 0 radical (unpaired) electrons. The lowest BCUT2D eigenvalue weighted by molar-refractivity contribution is 0.0462. The fourth-order valence-electron chi connectivity index (χ4n) is 2.60. The third-order valence-corrected chi connectivity index (χ3v) is 3.72. The molecular weight excluding hydrogens is 336 g/mol. The highest BCUT2D eigenvalue weighted by molar-refractivity contribution is 5.82. The molecule has 0 unspecified atom stereocenters. The van der Waals surface area contributed by atoms with E-state index in [9.17, 15) is 4.79 Å². The van der Waals surface area contributed by atoms with Gasteiger partial charge in [0.2, 0.25) is 0 Å². The standard InChI is InChI=1S/C20H24O6/c1-22-8-7-17-10-18(25-13-23-2)11-19(26-14-24-3)20(17)16-6-4-5-15(9-16)12-21/h4-6,9-12H,7-8,13-14H2,1-3H3. The molecule has 0 aliphatic rings. The van der Waals surface area contributed by atoms with Crippen molar-refractivity contribution in [2.24, 2.45) is 0 Å². The zero-order chi connectivity index (χ0) is 18.8. The van der Waals surface area contributed by atoms with Gasteiger partial charge in [-0.05, 0) is 29.7 Å². The topological polar surface area (TPSA) is 63.2 Å². The van der Waals surface area contributed by atoms with Crippen LogP contribution in [0.3, 0.4) is 0 Å². The summed E-state index contributed by atoms with van der Waals surface area (Å²) in [6.45, 7) is 0.767. The van der Waals surface area contributed by atoms with Crippen molar-refractivity contribution in [3.05, 3.63) is 47.5 Å². The molecule has 0 bridgehead atoms. The van der Waals surface area contributed by atoms with Crippen LogP contribution in [-0.2, 0) is 20.6 Å². The SMILES string of the molecule is COCCc1cc(OCOC)cc(OCOC)c1-c1cccc(C=O)c1. The summed E-state index contributed by atoms with van der Waals surface area (Å²) >= 11 is 0. The van der Waals surface area contributed by atoms with Crippen LogP contribution in [-0.4, -0.2) is 47.8 Å². The van der Waals surface area contributed by atoms with E-state index in [-0.39, 0.29) is 13.6 Å². The molecule has 0 amide bonds. The van der Waals surface area contributed by atoms with Gasteiger partial charge in [0.15, 0.2) is 13.6 Å². The number of hydrogen-bond acceptors (Lipinski definition) is 6. The molecule has 6 nitrogen and oxygen atoms in total. The number of carbonyl (C=O) groups excluding carboxylic acids is 1. The largest absolute Gasteiger partial charge is 0.467 e. The highest BCUT2D eigenvalue weighted by atomic mass is 16.7. The number of methoxy groups -OCH3 is 3. The van der Waals surface area contributed by atoms with E-state index in [1.807, 2.05) is 24.3 Å². The van der Waals surface area contributed by atoms with E-state index in [2.05, 4.69) is 0 Å². The van der Waals surface area contributed by atoms with Crippen LogP contribution in [0.4, 0.5) is 0 Å². The van der Waals surface area contributed by atoms with Gasteiger partial charge in [0.1, 0.15) is 17.8 Å². The third kappa shape index (κ3) is 5.29. The quantitative estimate of drug-likeness (QED) is 0.452. The summed E-state index contributed by atoms with van der Waals surface area (Å²) in [6.07, 6.45) is 1.48. The normalized spacial score (nSPS) is 10.6. The van der Waals surface area contributed by atoms with Crippen molar-refractivity contribution in [1.29, 1.82) is 0 Å². The van der Waals surface area contributed by atoms with Crippen LogP contribution in [0.15, 0.2) is 36.4 Å². The number of benzene rings is 2. The highest BCUT2D eigenvalue weighted by Gasteiger charge is 2.16. The minimum Gasteiger partial charge on any atom is -0.467 e. The minimum absolute atomic E-state index is 0.0951. The first-order chi connectivity index (χ1) is 12.7. The van der Waals surface area contributed by atoms with Gasteiger partial charge in [-0.3, -0.25) is 4.79 Å². The van der Waals surface area contributed by atoms with Crippen LogP contribution < -0.4 is 9.47 Å². The van der Waals surface area contributed by atoms with Crippen molar-refractivity contribution in [2.75, 3.05) is 41.5 Å². The molecule has 2 aromatic rings. The van der Waals surface area contributed by atoms with Gasteiger partial charge in [-0.25, -0.2) is 0 Å². The third-order valence-electron chi connectivity index (χ3n) is 3.72. The monoisotopic (exact) mass is 360 g/mol. The zero-order valence-corrected chi connectivity index (χ0v) is 15.3. The Morgan fingerprint density at radius 3 is 2.38 bits per heavy atom. The smallest absolute Gasteiger partial charge is 0.188 e. The van der Waals surface area contributed by atoms with Crippen LogP contribution in [0, 0.1) is 0 Å². The average molecular weight is 360 g/mol. The highest BCUT2D eigenvalue weighted by Crippen LogP contribution is 2.38. The van der Waals surface area contributed by atoms with Gasteiger partial charge >= 0.3 is 0 Å². The second-order valence-electron chi connectivity index (χ2n) is 5.54. The predicted molar refractivity (Wildman–Crippen MR) is 97.9 cm³/mol. The molecule has 0 N–H and O–H groups in total. The molecule has 0 aromatic heterocycles. The Hall–Kier alpha value is -2.41. The van der Waals surface area contributed by atoms with E-state index in [0.29, 0.717) is 30.1 Å². The number of ether oxygens (including phenoxy) is 5. The van der Waals surface area contributed by atoms with Gasteiger partial charge in [0.25, 0.3) is 0 Å². The van der Waals surface area contributed by atoms with Gasteiger partial charge in [-0.1, -0.05) is 18.2 Å². The minimum atomic E-state index is 0.0951. The van der Waals surface area contributed by atoms with Crippen LogP contribution in [0.5, 0.6) is 11.5 Å². The maximum Gasteiger partial charge on any atom is 0.188 e. The second-order valence-corrected chi connectivity index (χ2v) is 5.54. The van der Waals surface area contributed by atoms with Crippen LogP contribution in [0.25, 0.3) is 11.1 Å². The van der Waals surface area contributed by atoms with Crippen molar-refractivity contribution in [3.8, 4) is 22.6 Å². The Morgan fingerprint density at radius 1 is 0.923 bits per heavy atom. The summed E-state index contributed by atoms with van der Waals surface area (Å²) in [5.74, 6) is 1.23. The van der Waals surface area contributed by atoms with E-state index in [4.69, 9.17) is 23.7 Å². The number of hydrogen-bond donors (Lipinski definition) is 0. The lowest BCUT2D eigenvalue weighted by Crippen LogP contribution is -2.06. The van der Waals surface area contributed by atoms with Crippen molar-refractivity contribution < 1.29 is 28.5 Å². The van der Waals surface area contributed by atoms with Crippen LogP contribution >= 0.6 is 0 Å². The number of rotatable bonds is 11. The maximum absolute atomic E-state index is 11.2. The lowest BCUT2D eigenvalue weighted by Gasteiger charge is -2.18. The Labute approximate surface area is 153 Å². The van der Waals surface area contributed by atoms with E-state index in [1.165, 1.54) is 0 Å². The van der Waals surface area contributed by atoms with Crippen molar-refractivity contribution in [2.45, 2.75) is 6.42 Å². The van der Waals surface area contributed by atoms with Gasteiger partial charge in [0.05, 0.1) is 6.61 Å². The first-order valence-corrected chi connectivity index (χ1v) is 8.18. The van der Waals surface area contributed by atoms with Gasteiger partial charge < -0.3 is 23.7 Å². The van der Waals surface area contributed by atoms with Crippen molar-refractivity contribution in [1.82, 2.24) is 0 Å². The lowest BCUT2D eigenvalue weighted by atomic mass is 9.95. The summed E-state index contributed by atoms with van der Waals surface area (Å²) < 4.78 is 26.6. The molecule has 2 rings (SSSR count). The number of aldehydes is 1. The summed E-state index contributed by atoms with van der Waals surface area (Å²) in [7, 11) is 4.78. The van der Waals surface area contributed by atoms with E-state index < -0.39 is 0 Å². The van der Waals surface area contributed by atoms with Crippen LogP contribution in [0.1, 0.15) is 15.9 Å². The summed E-state index contributed by atoms with van der Waals surface area (Å²) in [5, 5.41) is 0. The summed E-state index contributed by atoms with van der Waals surface area (Å²) in [4.78, 5) is 11.2.